The monoisotopic (exact) mass is 193 g/mol. The van der Waals surface area contributed by atoms with E-state index in [1.807, 2.05) is 13.0 Å². The molecule has 1 aromatic rings. The molecule has 3 nitrogen and oxygen atoms in total. The molecule has 0 aromatic carbocycles. The highest BCUT2D eigenvalue weighted by molar-refractivity contribution is 5.36. The molecule has 0 bridgehead atoms. The van der Waals surface area contributed by atoms with Crippen LogP contribution >= 0.6 is 0 Å². The van der Waals surface area contributed by atoms with Crippen LogP contribution in [-0.4, -0.2) is 16.5 Å². The highest BCUT2D eigenvalue weighted by Crippen LogP contribution is 2.19. The Balaban J connectivity index is 3.07. The number of nitrogens with one attached hydrogen (secondary N) is 1. The summed E-state index contributed by atoms with van der Waals surface area (Å²) in [5, 5.41) is 3.21. The molecule has 0 aliphatic heterocycles. The Morgan fingerprint density at radius 1 is 1.29 bits per heavy atom. The van der Waals surface area contributed by atoms with Crippen LogP contribution in [-0.2, 0) is 5.41 Å². The molecule has 0 unspecified atom stereocenters. The largest absolute Gasteiger partial charge is 0.370 e. The summed E-state index contributed by atoms with van der Waals surface area (Å²) in [5.74, 6) is 1.82. The second-order valence-corrected chi connectivity index (χ2v) is 4.50. The Morgan fingerprint density at radius 3 is 2.43 bits per heavy atom. The highest BCUT2D eigenvalue weighted by Gasteiger charge is 2.18. The predicted octanol–water partition coefficient (Wildman–Crippen LogP) is 2.51. The van der Waals surface area contributed by atoms with Crippen LogP contribution in [0, 0.1) is 6.92 Å². The molecule has 0 aliphatic rings. The van der Waals surface area contributed by atoms with Crippen molar-refractivity contribution < 1.29 is 0 Å². The van der Waals surface area contributed by atoms with Crippen LogP contribution in [0.3, 0.4) is 0 Å². The van der Waals surface area contributed by atoms with E-state index in [9.17, 15) is 0 Å². The van der Waals surface area contributed by atoms with Gasteiger partial charge in [-0.1, -0.05) is 20.8 Å². The fourth-order valence-electron chi connectivity index (χ4n) is 1.18. The van der Waals surface area contributed by atoms with Gasteiger partial charge >= 0.3 is 0 Å². The maximum absolute atomic E-state index is 4.47. The van der Waals surface area contributed by atoms with Gasteiger partial charge in [0.25, 0.3) is 0 Å². The van der Waals surface area contributed by atoms with E-state index in [-0.39, 0.29) is 5.41 Å². The number of nitrogens with zero attached hydrogens (tertiary/aromatic N) is 2. The molecule has 1 aromatic heterocycles. The van der Waals surface area contributed by atoms with Crippen molar-refractivity contribution in [1.82, 2.24) is 9.97 Å². The molecule has 0 atom stereocenters. The zero-order valence-electron chi connectivity index (χ0n) is 9.68. The number of anilines is 1. The van der Waals surface area contributed by atoms with Gasteiger partial charge in [0.05, 0.1) is 0 Å². The van der Waals surface area contributed by atoms with Crippen molar-refractivity contribution in [2.24, 2.45) is 0 Å². The molecule has 0 spiro atoms. The van der Waals surface area contributed by atoms with Crippen molar-refractivity contribution in [1.29, 1.82) is 0 Å². The summed E-state index contributed by atoms with van der Waals surface area (Å²) in [7, 11) is 0. The lowest BCUT2D eigenvalue weighted by Gasteiger charge is -2.18. The van der Waals surface area contributed by atoms with Crippen molar-refractivity contribution in [2.75, 3.05) is 11.9 Å². The average Bonchev–Trinajstić information content (AvgIpc) is 2.02. The fraction of sp³-hybridized carbons (Fsp3) is 0.636. The van der Waals surface area contributed by atoms with Crippen molar-refractivity contribution in [3.05, 3.63) is 17.6 Å². The van der Waals surface area contributed by atoms with E-state index in [0.29, 0.717) is 0 Å². The lowest BCUT2D eigenvalue weighted by molar-refractivity contribution is 0.544. The zero-order valence-corrected chi connectivity index (χ0v) is 9.68. The number of aromatic nitrogens is 2. The molecule has 0 amide bonds. The molecular weight excluding hydrogens is 174 g/mol. The topological polar surface area (TPSA) is 37.8 Å². The first-order valence-electron chi connectivity index (χ1n) is 5.03. The van der Waals surface area contributed by atoms with E-state index < -0.39 is 0 Å². The van der Waals surface area contributed by atoms with Gasteiger partial charge in [0, 0.05) is 23.7 Å². The minimum absolute atomic E-state index is 0.0101. The van der Waals surface area contributed by atoms with Crippen molar-refractivity contribution in [3.8, 4) is 0 Å². The number of hydrogen-bond acceptors (Lipinski definition) is 3. The lowest BCUT2D eigenvalue weighted by Crippen LogP contribution is -2.17. The van der Waals surface area contributed by atoms with Crippen molar-refractivity contribution >= 4 is 5.82 Å². The third kappa shape index (κ3) is 2.69. The number of rotatable bonds is 2. The number of aryl methyl sites for hydroxylation is 1. The van der Waals surface area contributed by atoms with Gasteiger partial charge < -0.3 is 5.32 Å². The molecule has 78 valence electrons. The molecule has 14 heavy (non-hydrogen) atoms. The maximum Gasteiger partial charge on any atom is 0.136 e. The van der Waals surface area contributed by atoms with Crippen LogP contribution in [0.25, 0.3) is 0 Å². The molecular formula is C11H19N3. The zero-order chi connectivity index (χ0) is 10.8. The molecule has 0 saturated carbocycles. The summed E-state index contributed by atoms with van der Waals surface area (Å²) in [6, 6.07) is 1.97. The minimum atomic E-state index is 0.0101. The van der Waals surface area contributed by atoms with Gasteiger partial charge in [0.1, 0.15) is 11.6 Å². The first-order valence-corrected chi connectivity index (χ1v) is 5.03. The Kier molecular flexibility index (Phi) is 3.09. The Bertz CT molecular complexity index is 313. The van der Waals surface area contributed by atoms with Gasteiger partial charge in [-0.05, 0) is 13.8 Å². The summed E-state index contributed by atoms with van der Waals surface area (Å²) in [4.78, 5) is 8.91. The third-order valence-electron chi connectivity index (χ3n) is 1.88. The SMILES string of the molecule is CCNc1cc(C)nc(C(C)(C)C)n1. The lowest BCUT2D eigenvalue weighted by atomic mass is 9.95. The van der Waals surface area contributed by atoms with Crippen LogP contribution in [0.15, 0.2) is 6.07 Å². The summed E-state index contributed by atoms with van der Waals surface area (Å²) >= 11 is 0. The predicted molar refractivity (Wildman–Crippen MR) is 59.6 cm³/mol. The van der Waals surface area contributed by atoms with Crippen LogP contribution < -0.4 is 5.32 Å². The van der Waals surface area contributed by atoms with Gasteiger partial charge in [-0.25, -0.2) is 9.97 Å². The van der Waals surface area contributed by atoms with E-state index in [2.05, 4.69) is 43.0 Å². The second kappa shape index (κ2) is 3.95. The molecule has 1 heterocycles. The van der Waals surface area contributed by atoms with Crippen LogP contribution in [0.5, 0.6) is 0 Å². The molecule has 0 saturated heterocycles. The van der Waals surface area contributed by atoms with Crippen molar-refractivity contribution in [3.63, 3.8) is 0 Å². The van der Waals surface area contributed by atoms with Gasteiger partial charge in [0.2, 0.25) is 0 Å². The number of hydrogen-bond donors (Lipinski definition) is 1. The standard InChI is InChI=1S/C11H19N3/c1-6-12-9-7-8(2)13-10(14-9)11(3,4)5/h7H,6H2,1-5H3,(H,12,13,14). The van der Waals surface area contributed by atoms with Gasteiger partial charge in [-0.3, -0.25) is 0 Å². The average molecular weight is 193 g/mol. The first-order chi connectivity index (χ1) is 6.43. The summed E-state index contributed by atoms with van der Waals surface area (Å²) < 4.78 is 0. The van der Waals surface area contributed by atoms with Gasteiger partial charge in [-0.2, -0.15) is 0 Å². The van der Waals surface area contributed by atoms with Crippen molar-refractivity contribution in [2.45, 2.75) is 40.0 Å². The van der Waals surface area contributed by atoms with E-state index in [4.69, 9.17) is 0 Å². The Labute approximate surface area is 86.0 Å². The van der Waals surface area contributed by atoms with Crippen LogP contribution in [0.1, 0.15) is 39.2 Å². The summed E-state index contributed by atoms with van der Waals surface area (Å²) in [5.41, 5.74) is 1.02. The van der Waals surface area contributed by atoms with E-state index in [0.717, 1.165) is 23.9 Å². The molecule has 0 aliphatic carbocycles. The van der Waals surface area contributed by atoms with E-state index >= 15 is 0 Å². The fourth-order valence-corrected chi connectivity index (χ4v) is 1.18. The Morgan fingerprint density at radius 2 is 1.93 bits per heavy atom. The third-order valence-corrected chi connectivity index (χ3v) is 1.88. The van der Waals surface area contributed by atoms with Crippen LogP contribution in [0.2, 0.25) is 0 Å². The minimum Gasteiger partial charge on any atom is -0.370 e. The highest BCUT2D eigenvalue weighted by atomic mass is 15.0. The maximum atomic E-state index is 4.47. The van der Waals surface area contributed by atoms with Gasteiger partial charge in [0.15, 0.2) is 0 Å². The Hall–Kier alpha value is -1.12. The van der Waals surface area contributed by atoms with Gasteiger partial charge in [-0.15, -0.1) is 0 Å². The van der Waals surface area contributed by atoms with Crippen LogP contribution in [0.4, 0.5) is 5.82 Å². The molecule has 0 fully saturated rings. The summed E-state index contributed by atoms with van der Waals surface area (Å²) in [6.45, 7) is 11.3. The molecule has 0 radical (unpaired) electrons. The molecule has 1 rings (SSSR count). The quantitative estimate of drug-likeness (QED) is 0.784. The normalized spacial score (nSPS) is 11.5. The molecule has 3 heteroatoms. The molecule has 1 N–H and O–H groups in total. The van der Waals surface area contributed by atoms with E-state index in [1.165, 1.54) is 0 Å². The smallest absolute Gasteiger partial charge is 0.136 e. The first kappa shape index (κ1) is 11.0. The summed E-state index contributed by atoms with van der Waals surface area (Å²) in [6.07, 6.45) is 0. The van der Waals surface area contributed by atoms with E-state index in [1.54, 1.807) is 0 Å². The second-order valence-electron chi connectivity index (χ2n) is 4.50.